The third kappa shape index (κ3) is 5.40. The number of rotatable bonds is 4. The molecule has 0 aliphatic carbocycles. The Hall–Kier alpha value is -4.01. The normalized spacial score (nSPS) is 14.7. The highest BCUT2D eigenvalue weighted by molar-refractivity contribution is 5.72. The molecule has 1 aliphatic rings. The number of carbonyl (C=O) groups excluding carboxylic acids is 1. The molecule has 0 N–H and O–H groups in total. The fraction of sp³-hybridized carbons (Fsp3) is 0.393. The highest BCUT2D eigenvalue weighted by atomic mass is 16.6. The van der Waals surface area contributed by atoms with Crippen LogP contribution in [-0.4, -0.2) is 59.2 Å². The zero-order valence-corrected chi connectivity index (χ0v) is 22.0. The molecule has 3 aromatic heterocycles. The average molecular weight is 500 g/mol. The quantitative estimate of drug-likeness (QED) is 0.379. The molecule has 5 rings (SSSR count). The lowest BCUT2D eigenvalue weighted by molar-refractivity contribution is 0.0185. The molecule has 1 saturated heterocycles. The maximum absolute atomic E-state index is 12.3. The van der Waals surface area contributed by atoms with E-state index in [4.69, 9.17) is 4.74 Å². The molecule has 1 fully saturated rings. The van der Waals surface area contributed by atoms with E-state index in [1.54, 1.807) is 4.90 Å². The van der Waals surface area contributed by atoms with Gasteiger partial charge in [-0.3, -0.25) is 9.36 Å². The number of hydrogen-bond acceptors (Lipinski definition) is 6. The number of aryl methyl sites for hydroxylation is 1. The van der Waals surface area contributed by atoms with Crippen molar-refractivity contribution in [1.29, 1.82) is 0 Å². The van der Waals surface area contributed by atoms with Crippen LogP contribution in [0.3, 0.4) is 0 Å². The van der Waals surface area contributed by atoms with Gasteiger partial charge in [0.1, 0.15) is 5.60 Å². The highest BCUT2D eigenvalue weighted by Gasteiger charge is 2.28. The largest absolute Gasteiger partial charge is 0.444 e. The second kappa shape index (κ2) is 9.80. The van der Waals surface area contributed by atoms with Crippen LogP contribution in [0, 0.1) is 6.92 Å². The van der Waals surface area contributed by atoms with E-state index in [1.165, 1.54) is 0 Å². The third-order valence-electron chi connectivity index (χ3n) is 6.74. The zero-order chi connectivity index (χ0) is 26.2. The summed E-state index contributed by atoms with van der Waals surface area (Å²) in [5.74, 6) is 0.675. The van der Waals surface area contributed by atoms with Crippen LogP contribution in [0.5, 0.6) is 0 Å². The third-order valence-corrected chi connectivity index (χ3v) is 6.74. The van der Waals surface area contributed by atoms with Gasteiger partial charge >= 0.3 is 6.09 Å². The fourth-order valence-electron chi connectivity index (χ4n) is 4.56. The zero-order valence-electron chi connectivity index (χ0n) is 22.0. The lowest BCUT2D eigenvalue weighted by Gasteiger charge is -2.33. The number of hydrogen-bond donors (Lipinski definition) is 0. The van der Waals surface area contributed by atoms with Gasteiger partial charge < -0.3 is 9.64 Å². The van der Waals surface area contributed by atoms with Gasteiger partial charge in [-0.15, -0.1) is 0 Å². The van der Waals surface area contributed by atoms with Gasteiger partial charge in [-0.2, -0.15) is 10.2 Å². The van der Waals surface area contributed by atoms with Crippen LogP contribution in [0.4, 0.5) is 4.79 Å². The molecule has 37 heavy (non-hydrogen) atoms. The molecule has 4 heterocycles. The Morgan fingerprint density at radius 3 is 2.30 bits per heavy atom. The number of ether oxygens (including phenoxy) is 1. The molecule has 0 saturated carbocycles. The summed E-state index contributed by atoms with van der Waals surface area (Å²) in [7, 11) is 1.94. The van der Waals surface area contributed by atoms with Crippen LogP contribution in [0.25, 0.3) is 33.6 Å². The molecule has 9 nitrogen and oxygen atoms in total. The number of piperidine rings is 1. The van der Waals surface area contributed by atoms with E-state index in [0.717, 1.165) is 46.4 Å². The van der Waals surface area contributed by atoms with Gasteiger partial charge in [-0.05, 0) is 52.2 Å². The molecule has 0 spiro atoms. The van der Waals surface area contributed by atoms with Crippen molar-refractivity contribution in [3.05, 3.63) is 60.9 Å². The Kier molecular flexibility index (Phi) is 6.54. The predicted octanol–water partition coefficient (Wildman–Crippen LogP) is 5.29. The van der Waals surface area contributed by atoms with E-state index in [-0.39, 0.29) is 12.1 Å². The molecule has 0 atom stereocenters. The lowest BCUT2D eigenvalue weighted by atomic mass is 10.0. The standard InChI is InChI=1S/C28H33N7O2/c1-19-25(17-31-33(19)5)20-7-6-8-21(13-20)26-29-14-22(15-30-26)23-16-32-35(18-23)24-9-11-34(12-10-24)27(36)37-28(2,3)4/h6-8,13-18,24H,9-12H2,1-5H3. The molecule has 192 valence electrons. The molecule has 1 aromatic carbocycles. The van der Waals surface area contributed by atoms with Crippen molar-refractivity contribution >= 4 is 6.09 Å². The number of likely N-dealkylation sites (tertiary alicyclic amines) is 1. The first-order valence-electron chi connectivity index (χ1n) is 12.6. The Labute approximate surface area is 217 Å². The monoisotopic (exact) mass is 499 g/mol. The molecule has 0 bridgehead atoms. The Morgan fingerprint density at radius 2 is 1.65 bits per heavy atom. The van der Waals surface area contributed by atoms with Crippen molar-refractivity contribution in [2.24, 2.45) is 7.05 Å². The van der Waals surface area contributed by atoms with Crippen molar-refractivity contribution in [1.82, 2.24) is 34.4 Å². The summed E-state index contributed by atoms with van der Waals surface area (Å²) in [5.41, 5.74) is 5.67. The number of aromatic nitrogens is 6. The van der Waals surface area contributed by atoms with Crippen molar-refractivity contribution in [2.75, 3.05) is 13.1 Å². The van der Waals surface area contributed by atoms with Crippen LogP contribution in [0.15, 0.2) is 55.2 Å². The second-order valence-electron chi connectivity index (χ2n) is 10.6. The Morgan fingerprint density at radius 1 is 0.946 bits per heavy atom. The minimum Gasteiger partial charge on any atom is -0.444 e. The van der Waals surface area contributed by atoms with Gasteiger partial charge in [0.05, 0.1) is 18.4 Å². The average Bonchev–Trinajstić information content (AvgIpc) is 3.51. The topological polar surface area (TPSA) is 91.0 Å². The van der Waals surface area contributed by atoms with Crippen molar-refractivity contribution in [3.63, 3.8) is 0 Å². The highest BCUT2D eigenvalue weighted by Crippen LogP contribution is 2.29. The summed E-state index contributed by atoms with van der Waals surface area (Å²) >= 11 is 0. The van der Waals surface area contributed by atoms with Gasteiger partial charge in [-0.1, -0.05) is 18.2 Å². The molecular formula is C28H33N7O2. The Bertz CT molecular complexity index is 1390. The molecule has 1 amide bonds. The fourth-order valence-corrected chi connectivity index (χ4v) is 4.56. The van der Waals surface area contributed by atoms with E-state index >= 15 is 0 Å². The van der Waals surface area contributed by atoms with Crippen LogP contribution in [0.1, 0.15) is 45.3 Å². The van der Waals surface area contributed by atoms with Crippen LogP contribution < -0.4 is 0 Å². The maximum Gasteiger partial charge on any atom is 0.410 e. The maximum atomic E-state index is 12.3. The van der Waals surface area contributed by atoms with E-state index in [1.807, 2.05) is 80.3 Å². The van der Waals surface area contributed by atoms with Crippen LogP contribution >= 0.6 is 0 Å². The summed E-state index contributed by atoms with van der Waals surface area (Å²) in [4.78, 5) is 23.4. The summed E-state index contributed by atoms with van der Waals surface area (Å²) in [5, 5.41) is 8.95. The van der Waals surface area contributed by atoms with E-state index in [2.05, 4.69) is 39.2 Å². The summed E-state index contributed by atoms with van der Waals surface area (Å²) in [6.45, 7) is 9.04. The molecule has 4 aromatic rings. The van der Waals surface area contributed by atoms with Crippen molar-refractivity contribution in [3.8, 4) is 33.6 Å². The minimum absolute atomic E-state index is 0.242. The number of benzene rings is 1. The van der Waals surface area contributed by atoms with E-state index in [0.29, 0.717) is 18.9 Å². The Balaban J connectivity index is 1.25. The number of amides is 1. The van der Waals surface area contributed by atoms with E-state index in [9.17, 15) is 4.79 Å². The smallest absolute Gasteiger partial charge is 0.410 e. The minimum atomic E-state index is -0.482. The molecule has 0 radical (unpaired) electrons. The second-order valence-corrected chi connectivity index (χ2v) is 10.6. The molecule has 0 unspecified atom stereocenters. The predicted molar refractivity (Wildman–Crippen MR) is 142 cm³/mol. The van der Waals surface area contributed by atoms with Gasteiger partial charge in [0.25, 0.3) is 0 Å². The number of carbonyl (C=O) groups is 1. The first-order chi connectivity index (χ1) is 17.7. The van der Waals surface area contributed by atoms with Crippen LogP contribution in [-0.2, 0) is 11.8 Å². The molecule has 9 heteroatoms. The first-order valence-corrected chi connectivity index (χ1v) is 12.6. The first kappa shape index (κ1) is 24.7. The van der Waals surface area contributed by atoms with Crippen molar-refractivity contribution in [2.45, 2.75) is 52.2 Å². The lowest BCUT2D eigenvalue weighted by Crippen LogP contribution is -2.42. The van der Waals surface area contributed by atoms with Gasteiger partial charge in [-0.25, -0.2) is 14.8 Å². The summed E-state index contributed by atoms with van der Waals surface area (Å²) in [6, 6.07) is 8.46. The van der Waals surface area contributed by atoms with Crippen LogP contribution in [0.2, 0.25) is 0 Å². The van der Waals surface area contributed by atoms with E-state index < -0.39 is 5.60 Å². The van der Waals surface area contributed by atoms with Gasteiger partial charge in [0.2, 0.25) is 0 Å². The summed E-state index contributed by atoms with van der Waals surface area (Å²) < 4.78 is 9.37. The molecule has 1 aliphatic heterocycles. The number of nitrogens with zero attached hydrogens (tertiary/aromatic N) is 7. The molecular weight excluding hydrogens is 466 g/mol. The summed E-state index contributed by atoms with van der Waals surface area (Å²) in [6.07, 6.45) is 10.9. The SMILES string of the molecule is Cc1c(-c2cccc(-c3ncc(-c4cnn(C5CCN(C(=O)OC(C)(C)C)CC5)c4)cn3)c2)cnn1C. The van der Waals surface area contributed by atoms with Crippen molar-refractivity contribution < 1.29 is 9.53 Å². The van der Waals surface area contributed by atoms with Gasteiger partial charge in [0, 0.05) is 66.7 Å². The van der Waals surface area contributed by atoms with Gasteiger partial charge in [0.15, 0.2) is 5.82 Å².